The zero-order valence-electron chi connectivity index (χ0n) is 14.3. The van der Waals surface area contributed by atoms with E-state index in [9.17, 15) is 4.79 Å². The second kappa shape index (κ2) is 7.64. The van der Waals surface area contributed by atoms with E-state index in [1.54, 1.807) is 17.5 Å². The molecule has 3 aromatic heterocycles. The first-order valence-corrected chi connectivity index (χ1v) is 10.3. The van der Waals surface area contributed by atoms with Gasteiger partial charge in [0, 0.05) is 20.8 Å². The molecular formula is C19H15ClN4OS2. The molecule has 0 atom stereocenters. The predicted octanol–water partition coefficient (Wildman–Crippen LogP) is 5.20. The molecule has 136 valence electrons. The van der Waals surface area contributed by atoms with Crippen molar-refractivity contribution in [3.63, 3.8) is 0 Å². The van der Waals surface area contributed by atoms with Gasteiger partial charge >= 0.3 is 0 Å². The van der Waals surface area contributed by atoms with E-state index in [4.69, 9.17) is 16.6 Å². The Balaban J connectivity index is 1.58. The molecule has 0 aliphatic rings. The molecule has 0 aliphatic heterocycles. The van der Waals surface area contributed by atoms with Crippen molar-refractivity contribution >= 4 is 46.0 Å². The molecule has 0 spiro atoms. The topological polar surface area (TPSA) is 59.8 Å². The van der Waals surface area contributed by atoms with Crippen molar-refractivity contribution in [2.24, 2.45) is 0 Å². The average molecular weight is 415 g/mol. The summed E-state index contributed by atoms with van der Waals surface area (Å²) in [5.74, 6) is 1.30. The highest BCUT2D eigenvalue weighted by Gasteiger charge is 2.15. The van der Waals surface area contributed by atoms with Crippen molar-refractivity contribution in [3.05, 3.63) is 69.1 Å². The maximum atomic E-state index is 12.4. The second-order valence-electron chi connectivity index (χ2n) is 5.85. The van der Waals surface area contributed by atoms with E-state index >= 15 is 0 Å². The third kappa shape index (κ3) is 3.95. The van der Waals surface area contributed by atoms with Crippen LogP contribution in [0.5, 0.6) is 0 Å². The number of hydrogen-bond donors (Lipinski definition) is 1. The summed E-state index contributed by atoms with van der Waals surface area (Å²) in [6, 6.07) is 11.4. The summed E-state index contributed by atoms with van der Waals surface area (Å²) in [5, 5.41) is 8.33. The fourth-order valence-corrected chi connectivity index (χ4v) is 4.37. The maximum absolute atomic E-state index is 12.4. The third-order valence-corrected chi connectivity index (χ3v) is 5.90. The molecule has 0 bridgehead atoms. The Kier molecular flexibility index (Phi) is 5.07. The first kappa shape index (κ1) is 17.9. The lowest BCUT2D eigenvalue weighted by Crippen LogP contribution is -2.16. The Hall–Kier alpha value is -2.48. The Morgan fingerprint density at radius 1 is 1.22 bits per heavy atom. The van der Waals surface area contributed by atoms with Gasteiger partial charge in [0.15, 0.2) is 5.13 Å². The van der Waals surface area contributed by atoms with Crippen LogP contribution < -0.4 is 5.32 Å². The number of aromatic nitrogens is 3. The Labute approximate surface area is 169 Å². The standard InChI is InChI=1S/C19H15ClN4OS2/c1-12-21-10-17(23-18(25)9-15-3-2-8-26-15)24(12)19-22-16(11-27-19)13-4-6-14(20)7-5-13/h2-8,10-11H,9H2,1H3,(H,23,25). The minimum absolute atomic E-state index is 0.0759. The molecule has 0 radical (unpaired) electrons. The van der Waals surface area contributed by atoms with E-state index in [1.165, 1.54) is 11.3 Å². The molecule has 0 unspecified atom stereocenters. The van der Waals surface area contributed by atoms with Crippen LogP contribution >= 0.6 is 34.3 Å². The average Bonchev–Trinajstić information content (AvgIpc) is 3.38. The number of halogens is 1. The van der Waals surface area contributed by atoms with Crippen molar-refractivity contribution in [1.29, 1.82) is 0 Å². The first-order valence-electron chi connectivity index (χ1n) is 8.18. The number of rotatable bonds is 5. The van der Waals surface area contributed by atoms with E-state index in [0.29, 0.717) is 17.3 Å². The van der Waals surface area contributed by atoms with Crippen LogP contribution in [-0.2, 0) is 11.2 Å². The SMILES string of the molecule is Cc1ncc(NC(=O)Cc2cccs2)n1-c1nc(-c2ccc(Cl)cc2)cs1. The number of hydrogen-bond acceptors (Lipinski definition) is 5. The minimum Gasteiger partial charge on any atom is -0.310 e. The van der Waals surface area contributed by atoms with Crippen LogP contribution in [0.2, 0.25) is 5.02 Å². The number of amides is 1. The number of aryl methyl sites for hydroxylation is 1. The van der Waals surface area contributed by atoms with E-state index in [1.807, 2.05) is 58.6 Å². The molecule has 4 aromatic rings. The van der Waals surface area contributed by atoms with Crippen LogP contribution in [0.1, 0.15) is 10.7 Å². The summed E-state index contributed by atoms with van der Waals surface area (Å²) in [5.41, 5.74) is 1.85. The van der Waals surface area contributed by atoms with E-state index in [0.717, 1.165) is 27.1 Å². The summed E-state index contributed by atoms with van der Waals surface area (Å²) < 4.78 is 1.86. The number of nitrogens with zero attached hydrogens (tertiary/aromatic N) is 3. The highest BCUT2D eigenvalue weighted by atomic mass is 35.5. The Morgan fingerprint density at radius 3 is 2.78 bits per heavy atom. The van der Waals surface area contributed by atoms with Gasteiger partial charge in [-0.3, -0.25) is 9.36 Å². The van der Waals surface area contributed by atoms with Gasteiger partial charge in [-0.1, -0.05) is 29.8 Å². The van der Waals surface area contributed by atoms with Gasteiger partial charge < -0.3 is 5.32 Å². The van der Waals surface area contributed by atoms with Crippen LogP contribution in [0.4, 0.5) is 5.82 Å². The van der Waals surface area contributed by atoms with Crippen molar-refractivity contribution in [3.8, 4) is 16.4 Å². The number of nitrogens with one attached hydrogen (secondary N) is 1. The van der Waals surface area contributed by atoms with Gasteiger partial charge in [0.25, 0.3) is 0 Å². The molecule has 27 heavy (non-hydrogen) atoms. The normalized spacial score (nSPS) is 10.9. The summed E-state index contributed by atoms with van der Waals surface area (Å²) in [4.78, 5) is 22.4. The van der Waals surface area contributed by atoms with Gasteiger partial charge in [-0.05, 0) is 30.5 Å². The van der Waals surface area contributed by atoms with E-state index in [2.05, 4.69) is 10.3 Å². The number of thiazole rings is 1. The molecule has 0 aliphatic carbocycles. The molecule has 5 nitrogen and oxygen atoms in total. The van der Waals surface area contributed by atoms with Gasteiger partial charge in [0.2, 0.25) is 5.91 Å². The number of thiophene rings is 1. The Morgan fingerprint density at radius 2 is 2.04 bits per heavy atom. The van der Waals surface area contributed by atoms with Gasteiger partial charge in [-0.15, -0.1) is 22.7 Å². The molecule has 0 fully saturated rings. The lowest BCUT2D eigenvalue weighted by atomic mass is 10.2. The summed E-state index contributed by atoms with van der Waals surface area (Å²) in [6.07, 6.45) is 2.00. The second-order valence-corrected chi connectivity index (χ2v) is 8.16. The number of carbonyl (C=O) groups is 1. The minimum atomic E-state index is -0.0759. The van der Waals surface area contributed by atoms with Crippen LogP contribution in [0.15, 0.2) is 53.4 Å². The fraction of sp³-hybridized carbons (Fsp3) is 0.105. The number of anilines is 1. The van der Waals surface area contributed by atoms with E-state index in [-0.39, 0.29) is 5.91 Å². The molecule has 1 amide bonds. The summed E-state index contributed by atoms with van der Waals surface area (Å²) in [6.45, 7) is 1.89. The number of carbonyl (C=O) groups excluding carboxylic acids is 1. The fourth-order valence-electron chi connectivity index (χ4n) is 2.65. The third-order valence-electron chi connectivity index (χ3n) is 3.94. The summed E-state index contributed by atoms with van der Waals surface area (Å²) in [7, 11) is 0. The molecule has 1 N–H and O–H groups in total. The van der Waals surface area contributed by atoms with Crippen LogP contribution in [0.3, 0.4) is 0 Å². The Bertz CT molecular complexity index is 1070. The smallest absolute Gasteiger partial charge is 0.230 e. The number of imidazole rings is 1. The molecule has 4 rings (SSSR count). The molecule has 8 heteroatoms. The lowest BCUT2D eigenvalue weighted by molar-refractivity contribution is -0.115. The van der Waals surface area contributed by atoms with Gasteiger partial charge in [-0.25, -0.2) is 9.97 Å². The molecule has 0 saturated heterocycles. The quantitative estimate of drug-likeness (QED) is 0.488. The van der Waals surface area contributed by atoms with Crippen LogP contribution in [0, 0.1) is 6.92 Å². The zero-order chi connectivity index (χ0) is 18.8. The molecule has 0 saturated carbocycles. The van der Waals surface area contributed by atoms with Crippen molar-refractivity contribution in [2.75, 3.05) is 5.32 Å². The maximum Gasteiger partial charge on any atom is 0.230 e. The zero-order valence-corrected chi connectivity index (χ0v) is 16.7. The first-order chi connectivity index (χ1) is 13.1. The lowest BCUT2D eigenvalue weighted by Gasteiger charge is -2.08. The largest absolute Gasteiger partial charge is 0.310 e. The number of benzene rings is 1. The molecule has 1 aromatic carbocycles. The molecule has 3 heterocycles. The van der Waals surface area contributed by atoms with Gasteiger partial charge in [0.05, 0.1) is 18.3 Å². The highest BCUT2D eigenvalue weighted by Crippen LogP contribution is 2.28. The predicted molar refractivity (Wildman–Crippen MR) is 111 cm³/mol. The summed E-state index contributed by atoms with van der Waals surface area (Å²) >= 11 is 9.02. The monoisotopic (exact) mass is 414 g/mol. The van der Waals surface area contributed by atoms with Crippen LogP contribution in [0.25, 0.3) is 16.4 Å². The highest BCUT2D eigenvalue weighted by molar-refractivity contribution is 7.12. The van der Waals surface area contributed by atoms with Crippen LogP contribution in [-0.4, -0.2) is 20.4 Å². The van der Waals surface area contributed by atoms with Crippen molar-refractivity contribution < 1.29 is 4.79 Å². The van der Waals surface area contributed by atoms with E-state index < -0.39 is 0 Å². The molecular weight excluding hydrogens is 400 g/mol. The van der Waals surface area contributed by atoms with Gasteiger partial charge in [-0.2, -0.15) is 0 Å². The van der Waals surface area contributed by atoms with Crippen molar-refractivity contribution in [2.45, 2.75) is 13.3 Å². The van der Waals surface area contributed by atoms with Crippen molar-refractivity contribution in [1.82, 2.24) is 14.5 Å². The van der Waals surface area contributed by atoms with Gasteiger partial charge in [0.1, 0.15) is 11.6 Å².